The van der Waals surface area contributed by atoms with Gasteiger partial charge in [-0.15, -0.1) is 0 Å². The largest absolute Gasteiger partial charge is 0.496 e. The average Bonchev–Trinajstić information content (AvgIpc) is 3.04. The molecule has 0 aliphatic heterocycles. The van der Waals surface area contributed by atoms with E-state index in [0.717, 1.165) is 22.4 Å². The van der Waals surface area contributed by atoms with Crippen molar-refractivity contribution in [3.05, 3.63) is 110 Å². The van der Waals surface area contributed by atoms with Crippen LogP contribution in [0.3, 0.4) is 0 Å². The number of nitrogens with one attached hydrogen (secondary N) is 1. The van der Waals surface area contributed by atoms with Gasteiger partial charge in [0.05, 0.1) is 30.8 Å². The summed E-state index contributed by atoms with van der Waals surface area (Å²) in [7, 11) is 1.64. The van der Waals surface area contributed by atoms with Crippen LogP contribution in [0.15, 0.2) is 87.2 Å². The molecule has 1 aromatic heterocycles. The standard InChI is InChI=1S/C36H34BrFN4O5/c1-6-46-32-15-23(29(37)18-33(32)47-20-34(43)40-25-11-9-10-24(38)16-25)19-39-42-35(41-30-13-8-7-12-26(30)36(42)44)28-17-27(21(2)3)31(45-5)14-22(28)4/h7-19,21H,6,20H2,1-5H3,(H,40,43). The molecule has 0 radical (unpaired) electrons. The van der Waals surface area contributed by atoms with E-state index >= 15 is 0 Å². The van der Waals surface area contributed by atoms with E-state index < -0.39 is 11.7 Å². The summed E-state index contributed by atoms with van der Waals surface area (Å²) in [6.45, 7) is 7.92. The third-order valence-corrected chi connectivity index (χ3v) is 8.02. The molecule has 1 heterocycles. The van der Waals surface area contributed by atoms with Crippen molar-refractivity contribution >= 4 is 44.6 Å². The van der Waals surface area contributed by atoms with E-state index in [-0.39, 0.29) is 18.1 Å². The van der Waals surface area contributed by atoms with Crippen LogP contribution >= 0.6 is 15.9 Å². The molecule has 1 amide bonds. The van der Waals surface area contributed by atoms with Crippen LogP contribution in [-0.2, 0) is 4.79 Å². The Kier molecular flexibility index (Phi) is 10.4. The minimum absolute atomic E-state index is 0.162. The first-order chi connectivity index (χ1) is 22.6. The molecule has 0 unspecified atom stereocenters. The van der Waals surface area contributed by atoms with Gasteiger partial charge in [0.1, 0.15) is 11.6 Å². The van der Waals surface area contributed by atoms with Crippen LogP contribution in [-0.4, -0.2) is 42.1 Å². The molecular weight excluding hydrogens is 667 g/mol. The number of amides is 1. The second kappa shape index (κ2) is 14.6. The maximum absolute atomic E-state index is 13.9. The van der Waals surface area contributed by atoms with Crippen LogP contribution in [0, 0.1) is 12.7 Å². The number of benzene rings is 4. The molecule has 0 saturated carbocycles. The molecule has 5 rings (SSSR count). The first-order valence-corrected chi connectivity index (χ1v) is 15.8. The predicted molar refractivity (Wildman–Crippen MR) is 186 cm³/mol. The fourth-order valence-electron chi connectivity index (χ4n) is 5.03. The van der Waals surface area contributed by atoms with Crippen molar-refractivity contribution in [2.75, 3.05) is 25.6 Å². The molecule has 4 aromatic carbocycles. The molecule has 5 aromatic rings. The van der Waals surface area contributed by atoms with Gasteiger partial charge in [-0.1, -0.05) is 32.0 Å². The Bertz CT molecular complexity index is 2040. The molecule has 47 heavy (non-hydrogen) atoms. The highest BCUT2D eigenvalue weighted by atomic mass is 79.9. The number of hydrogen-bond acceptors (Lipinski definition) is 7. The van der Waals surface area contributed by atoms with Crippen LogP contribution < -0.4 is 25.1 Å². The number of ether oxygens (including phenoxy) is 3. The summed E-state index contributed by atoms with van der Waals surface area (Å²) >= 11 is 3.56. The van der Waals surface area contributed by atoms with Crippen LogP contribution in [0.1, 0.15) is 43.4 Å². The zero-order valence-corrected chi connectivity index (χ0v) is 28.2. The molecular formula is C36H34BrFN4O5. The number of para-hydroxylation sites is 1. The number of aromatic nitrogens is 2. The number of halogens is 2. The predicted octanol–water partition coefficient (Wildman–Crippen LogP) is 7.70. The molecule has 0 aliphatic rings. The number of nitrogens with zero attached hydrogens (tertiary/aromatic N) is 3. The SMILES string of the molecule is CCOc1cc(C=Nn2c(-c3cc(C(C)C)c(OC)cc3C)nc3ccccc3c2=O)c(Br)cc1OCC(=O)Nc1cccc(F)c1. The molecule has 0 aliphatic carbocycles. The van der Waals surface area contributed by atoms with Crippen molar-refractivity contribution in [2.24, 2.45) is 5.10 Å². The Morgan fingerprint density at radius 1 is 1.04 bits per heavy atom. The second-order valence-corrected chi connectivity index (χ2v) is 11.8. The number of hydrogen-bond donors (Lipinski definition) is 1. The minimum atomic E-state index is -0.468. The molecule has 0 bridgehead atoms. The summed E-state index contributed by atoms with van der Waals surface area (Å²) in [6.07, 6.45) is 1.54. The highest BCUT2D eigenvalue weighted by Gasteiger charge is 2.19. The summed E-state index contributed by atoms with van der Waals surface area (Å²) in [5.74, 6) is 1.06. The highest BCUT2D eigenvalue weighted by molar-refractivity contribution is 9.10. The lowest BCUT2D eigenvalue weighted by Crippen LogP contribution is -2.21. The smallest absolute Gasteiger partial charge is 0.282 e. The van der Waals surface area contributed by atoms with Crippen molar-refractivity contribution in [3.63, 3.8) is 0 Å². The van der Waals surface area contributed by atoms with Crippen molar-refractivity contribution in [1.82, 2.24) is 9.66 Å². The Morgan fingerprint density at radius 3 is 2.53 bits per heavy atom. The van der Waals surface area contributed by atoms with E-state index in [0.29, 0.717) is 50.6 Å². The zero-order valence-electron chi connectivity index (χ0n) is 26.6. The van der Waals surface area contributed by atoms with Gasteiger partial charge in [-0.05, 0) is 101 Å². The van der Waals surface area contributed by atoms with E-state index in [1.54, 1.807) is 43.5 Å². The van der Waals surface area contributed by atoms with Crippen molar-refractivity contribution < 1.29 is 23.4 Å². The van der Waals surface area contributed by atoms with E-state index in [1.165, 1.54) is 29.1 Å². The van der Waals surface area contributed by atoms with Gasteiger partial charge in [0.15, 0.2) is 23.9 Å². The Hall–Kier alpha value is -5.03. The lowest BCUT2D eigenvalue weighted by molar-refractivity contribution is -0.118. The van der Waals surface area contributed by atoms with Gasteiger partial charge in [0.25, 0.3) is 11.5 Å². The fourth-order valence-corrected chi connectivity index (χ4v) is 5.45. The van der Waals surface area contributed by atoms with Crippen molar-refractivity contribution in [1.29, 1.82) is 0 Å². The first kappa shape index (κ1) is 33.3. The quantitative estimate of drug-likeness (QED) is 0.142. The highest BCUT2D eigenvalue weighted by Crippen LogP contribution is 2.35. The normalized spacial score (nSPS) is 11.3. The zero-order chi connectivity index (χ0) is 33.7. The van der Waals surface area contributed by atoms with Crippen LogP contribution in [0.2, 0.25) is 0 Å². The van der Waals surface area contributed by atoms with Gasteiger partial charge in [-0.2, -0.15) is 9.78 Å². The van der Waals surface area contributed by atoms with Crippen molar-refractivity contribution in [2.45, 2.75) is 33.6 Å². The van der Waals surface area contributed by atoms with Gasteiger partial charge in [0, 0.05) is 21.3 Å². The number of methoxy groups -OCH3 is 1. The maximum Gasteiger partial charge on any atom is 0.282 e. The summed E-state index contributed by atoms with van der Waals surface area (Å²) in [5, 5.41) is 7.68. The summed E-state index contributed by atoms with van der Waals surface area (Å²) in [6, 6.07) is 20.1. The Labute approximate surface area is 280 Å². The Balaban J connectivity index is 1.52. The third kappa shape index (κ3) is 7.52. The van der Waals surface area contributed by atoms with E-state index in [2.05, 4.69) is 40.2 Å². The topological polar surface area (TPSA) is 104 Å². The van der Waals surface area contributed by atoms with Crippen molar-refractivity contribution in [3.8, 4) is 28.6 Å². The summed E-state index contributed by atoms with van der Waals surface area (Å²) < 4.78 is 32.6. The summed E-state index contributed by atoms with van der Waals surface area (Å²) in [5.41, 5.74) is 3.75. The molecule has 1 N–H and O–H groups in total. The van der Waals surface area contributed by atoms with E-state index in [9.17, 15) is 14.0 Å². The number of carbonyl (C=O) groups is 1. The molecule has 242 valence electrons. The van der Waals surface area contributed by atoms with Gasteiger partial charge >= 0.3 is 0 Å². The second-order valence-electron chi connectivity index (χ2n) is 11.0. The fraction of sp³-hybridized carbons (Fsp3) is 0.222. The number of carbonyl (C=O) groups excluding carboxylic acids is 1. The lowest BCUT2D eigenvalue weighted by atomic mass is 9.96. The number of aryl methyl sites for hydroxylation is 1. The first-order valence-electron chi connectivity index (χ1n) is 15.0. The number of fused-ring (bicyclic) bond motifs is 1. The van der Waals surface area contributed by atoms with E-state index in [1.807, 2.05) is 32.0 Å². The number of anilines is 1. The average molecular weight is 702 g/mol. The third-order valence-electron chi connectivity index (χ3n) is 7.34. The van der Waals surface area contributed by atoms with Crippen LogP contribution in [0.5, 0.6) is 17.2 Å². The summed E-state index contributed by atoms with van der Waals surface area (Å²) in [4.78, 5) is 31.3. The van der Waals surface area contributed by atoms with Gasteiger partial charge in [-0.3, -0.25) is 9.59 Å². The van der Waals surface area contributed by atoms with E-state index in [4.69, 9.17) is 19.2 Å². The number of rotatable bonds is 11. The van der Waals surface area contributed by atoms with Gasteiger partial charge in [-0.25, -0.2) is 9.37 Å². The maximum atomic E-state index is 13.9. The van der Waals surface area contributed by atoms with Gasteiger partial charge in [0.2, 0.25) is 0 Å². The minimum Gasteiger partial charge on any atom is -0.496 e. The molecule has 11 heteroatoms. The monoisotopic (exact) mass is 700 g/mol. The Morgan fingerprint density at radius 2 is 1.81 bits per heavy atom. The molecule has 0 saturated heterocycles. The lowest BCUT2D eigenvalue weighted by Gasteiger charge is -2.17. The molecule has 9 nitrogen and oxygen atoms in total. The molecule has 0 spiro atoms. The van der Waals surface area contributed by atoms with Gasteiger partial charge < -0.3 is 19.5 Å². The molecule has 0 atom stereocenters. The van der Waals surface area contributed by atoms with Crippen LogP contribution in [0.4, 0.5) is 10.1 Å². The van der Waals surface area contributed by atoms with Crippen LogP contribution in [0.25, 0.3) is 22.3 Å². The molecule has 0 fully saturated rings.